The molecule has 0 aliphatic carbocycles. The second kappa shape index (κ2) is 7.09. The Morgan fingerprint density at radius 3 is 2.29 bits per heavy atom. The third-order valence-corrected chi connectivity index (χ3v) is 5.84. The highest BCUT2D eigenvalue weighted by Crippen LogP contribution is 2.40. The summed E-state index contributed by atoms with van der Waals surface area (Å²) in [6, 6.07) is 19.3. The first-order chi connectivity index (χ1) is 13.9. The molecule has 5 heteroatoms. The summed E-state index contributed by atoms with van der Waals surface area (Å²) in [4.78, 5) is 8.47. The fourth-order valence-electron chi connectivity index (χ4n) is 4.24. The molecule has 3 heterocycles. The van der Waals surface area contributed by atoms with E-state index in [9.17, 15) is 0 Å². The van der Waals surface area contributed by atoms with Crippen LogP contribution in [0.5, 0.6) is 0 Å². The van der Waals surface area contributed by atoms with Gasteiger partial charge in [-0.25, -0.2) is 4.98 Å². The van der Waals surface area contributed by atoms with Crippen molar-refractivity contribution in [3.05, 3.63) is 84.6 Å². The predicted molar refractivity (Wildman–Crippen MR) is 111 cm³/mol. The molecule has 1 aliphatic rings. The number of imidazole rings is 1. The van der Waals surface area contributed by atoms with Crippen LogP contribution in [0.3, 0.4) is 0 Å². The van der Waals surface area contributed by atoms with E-state index in [1.54, 1.807) is 0 Å². The number of piperidine rings is 1. The number of nitrogens with zero attached hydrogens (tertiary/aromatic N) is 2. The molecular formula is C23H23N5. The minimum absolute atomic E-state index is 0.0901. The number of nitrogens with one attached hydrogen (secondary N) is 3. The third-order valence-electron chi connectivity index (χ3n) is 5.84. The number of aromatic amines is 2. The van der Waals surface area contributed by atoms with E-state index in [-0.39, 0.29) is 5.41 Å². The Balaban J connectivity index is 1.54. The normalized spacial score (nSPS) is 16.1. The number of hydrogen-bond acceptors (Lipinski definition) is 3. The van der Waals surface area contributed by atoms with E-state index >= 15 is 0 Å². The van der Waals surface area contributed by atoms with Crippen molar-refractivity contribution in [2.45, 2.75) is 18.3 Å². The van der Waals surface area contributed by atoms with Crippen molar-refractivity contribution in [1.82, 2.24) is 25.5 Å². The molecule has 2 aromatic heterocycles. The van der Waals surface area contributed by atoms with Gasteiger partial charge in [-0.2, -0.15) is 5.10 Å². The molecule has 0 spiro atoms. The highest BCUT2D eigenvalue weighted by Gasteiger charge is 2.38. The molecule has 0 atom stereocenters. The van der Waals surface area contributed by atoms with Crippen molar-refractivity contribution in [3.8, 4) is 22.4 Å². The summed E-state index contributed by atoms with van der Waals surface area (Å²) in [5.41, 5.74) is 5.74. The van der Waals surface area contributed by atoms with Crippen LogP contribution in [0.15, 0.2) is 73.2 Å². The maximum atomic E-state index is 4.84. The molecule has 4 aromatic rings. The van der Waals surface area contributed by atoms with Crippen LogP contribution in [-0.2, 0) is 5.41 Å². The zero-order valence-corrected chi connectivity index (χ0v) is 15.7. The van der Waals surface area contributed by atoms with E-state index in [1.165, 1.54) is 16.7 Å². The van der Waals surface area contributed by atoms with Crippen molar-refractivity contribution < 1.29 is 0 Å². The molecule has 1 aliphatic heterocycles. The summed E-state index contributed by atoms with van der Waals surface area (Å²) in [5, 5.41) is 10.4. The molecule has 28 heavy (non-hydrogen) atoms. The first-order valence-electron chi connectivity index (χ1n) is 9.76. The molecule has 1 saturated heterocycles. The average Bonchev–Trinajstić information content (AvgIpc) is 3.48. The Hall–Kier alpha value is -3.18. The molecule has 0 saturated carbocycles. The van der Waals surface area contributed by atoms with Gasteiger partial charge in [0.25, 0.3) is 0 Å². The fraction of sp³-hybridized carbons (Fsp3) is 0.217. The minimum Gasteiger partial charge on any atom is -0.341 e. The van der Waals surface area contributed by atoms with Crippen LogP contribution >= 0.6 is 0 Å². The van der Waals surface area contributed by atoms with Gasteiger partial charge in [-0.3, -0.25) is 5.10 Å². The quantitative estimate of drug-likeness (QED) is 0.506. The van der Waals surface area contributed by atoms with Gasteiger partial charge in [-0.15, -0.1) is 0 Å². The summed E-state index contributed by atoms with van der Waals surface area (Å²) in [6.07, 6.45) is 7.80. The van der Waals surface area contributed by atoms with E-state index in [0.29, 0.717) is 0 Å². The minimum atomic E-state index is -0.0901. The van der Waals surface area contributed by atoms with Crippen molar-refractivity contribution in [3.63, 3.8) is 0 Å². The van der Waals surface area contributed by atoms with E-state index in [4.69, 9.17) is 4.98 Å². The number of rotatable bonds is 4. The van der Waals surface area contributed by atoms with Crippen molar-refractivity contribution in [2.24, 2.45) is 0 Å². The van der Waals surface area contributed by atoms with E-state index in [0.717, 1.165) is 43.0 Å². The lowest BCUT2D eigenvalue weighted by molar-refractivity contribution is 0.348. The Morgan fingerprint density at radius 2 is 1.57 bits per heavy atom. The lowest BCUT2D eigenvalue weighted by atomic mass is 9.72. The highest BCUT2D eigenvalue weighted by atomic mass is 15.1. The van der Waals surface area contributed by atoms with Crippen molar-refractivity contribution in [2.75, 3.05) is 13.1 Å². The molecule has 2 aromatic carbocycles. The van der Waals surface area contributed by atoms with Gasteiger partial charge in [0.2, 0.25) is 0 Å². The van der Waals surface area contributed by atoms with Crippen molar-refractivity contribution in [1.29, 1.82) is 0 Å². The Kier molecular flexibility index (Phi) is 4.29. The first kappa shape index (κ1) is 17.0. The zero-order chi connectivity index (χ0) is 18.8. The van der Waals surface area contributed by atoms with Gasteiger partial charge >= 0.3 is 0 Å². The summed E-state index contributed by atoms with van der Waals surface area (Å²) in [7, 11) is 0. The summed E-state index contributed by atoms with van der Waals surface area (Å²) in [5.74, 6) is 1.06. The van der Waals surface area contributed by atoms with Crippen LogP contribution in [-0.4, -0.2) is 33.3 Å². The monoisotopic (exact) mass is 369 g/mol. The first-order valence-corrected chi connectivity index (χ1v) is 9.76. The topological polar surface area (TPSA) is 69.4 Å². The van der Waals surface area contributed by atoms with Crippen LogP contribution in [0.2, 0.25) is 0 Å². The largest absolute Gasteiger partial charge is 0.341 e. The van der Waals surface area contributed by atoms with Crippen LogP contribution in [0, 0.1) is 0 Å². The maximum absolute atomic E-state index is 4.84. The molecule has 0 amide bonds. The number of aromatic nitrogens is 4. The third kappa shape index (κ3) is 2.94. The summed E-state index contributed by atoms with van der Waals surface area (Å²) >= 11 is 0. The lowest BCUT2D eigenvalue weighted by Crippen LogP contribution is -2.41. The Bertz CT molecular complexity index is 1030. The maximum Gasteiger partial charge on any atom is 0.117 e. The van der Waals surface area contributed by atoms with Gasteiger partial charge in [-0.1, -0.05) is 54.6 Å². The molecule has 5 nitrogen and oxygen atoms in total. The van der Waals surface area contributed by atoms with Gasteiger partial charge in [0.1, 0.15) is 5.82 Å². The van der Waals surface area contributed by atoms with Gasteiger partial charge in [0, 0.05) is 11.8 Å². The summed E-state index contributed by atoms with van der Waals surface area (Å²) < 4.78 is 0. The lowest BCUT2D eigenvalue weighted by Gasteiger charge is -2.36. The molecule has 0 radical (unpaired) electrons. The summed E-state index contributed by atoms with van der Waals surface area (Å²) in [6.45, 7) is 1.98. The predicted octanol–water partition coefficient (Wildman–Crippen LogP) is 4.14. The second-order valence-corrected chi connectivity index (χ2v) is 7.41. The number of benzene rings is 2. The van der Waals surface area contributed by atoms with Crippen LogP contribution in [0.25, 0.3) is 22.4 Å². The van der Waals surface area contributed by atoms with Crippen LogP contribution < -0.4 is 5.32 Å². The molecular weight excluding hydrogens is 346 g/mol. The molecule has 3 N–H and O–H groups in total. The average molecular weight is 369 g/mol. The van der Waals surface area contributed by atoms with Gasteiger partial charge < -0.3 is 10.3 Å². The number of H-pyrrole nitrogens is 2. The zero-order valence-electron chi connectivity index (χ0n) is 15.7. The van der Waals surface area contributed by atoms with Gasteiger partial charge in [-0.05, 0) is 42.6 Å². The smallest absolute Gasteiger partial charge is 0.117 e. The van der Waals surface area contributed by atoms with Crippen molar-refractivity contribution >= 4 is 0 Å². The standard InChI is InChI=1S/C23H23N5/c1-2-4-18(5-3-1)21-16-25-22(28-21)23(10-12-24-13-11-23)20-8-6-17(7-9-20)19-14-26-27-15-19/h1-9,14-16,24H,10-13H2,(H,25,28)(H,26,27). The molecule has 0 bridgehead atoms. The van der Waals surface area contributed by atoms with E-state index < -0.39 is 0 Å². The SMILES string of the molecule is c1ccc(-c2cnc(C3(c4ccc(-c5cn[nH]c5)cc4)CCNCC3)[nH]2)cc1. The molecule has 5 rings (SSSR count). The molecule has 1 fully saturated rings. The molecule has 140 valence electrons. The van der Waals surface area contributed by atoms with Crippen LogP contribution in [0.1, 0.15) is 24.2 Å². The van der Waals surface area contributed by atoms with Crippen LogP contribution in [0.4, 0.5) is 0 Å². The Morgan fingerprint density at radius 1 is 0.786 bits per heavy atom. The highest BCUT2D eigenvalue weighted by molar-refractivity contribution is 5.63. The van der Waals surface area contributed by atoms with E-state index in [2.05, 4.69) is 69.0 Å². The van der Waals surface area contributed by atoms with E-state index in [1.807, 2.05) is 24.7 Å². The fourth-order valence-corrected chi connectivity index (χ4v) is 4.24. The van der Waals surface area contributed by atoms with Gasteiger partial charge in [0.15, 0.2) is 0 Å². The Labute approximate surface area is 164 Å². The number of hydrogen-bond donors (Lipinski definition) is 3. The second-order valence-electron chi connectivity index (χ2n) is 7.41. The van der Waals surface area contributed by atoms with Gasteiger partial charge in [0.05, 0.1) is 23.5 Å². The molecule has 0 unspecified atom stereocenters.